The first kappa shape index (κ1) is 19.8. The molecule has 5 rings (SSSR count). The van der Waals surface area contributed by atoms with Crippen molar-refractivity contribution in [3.63, 3.8) is 0 Å². The molecule has 1 N–H and O–H groups in total. The summed E-state index contributed by atoms with van der Waals surface area (Å²) in [5.41, 5.74) is 3.53. The second-order valence-electron chi connectivity index (χ2n) is 9.34. The fraction of sp³-hybridized carbons (Fsp3) is 0.600. The maximum Gasteiger partial charge on any atom is 0.276 e. The second kappa shape index (κ2) is 8.54. The Morgan fingerprint density at radius 1 is 0.933 bits per heavy atom. The lowest BCUT2D eigenvalue weighted by Crippen LogP contribution is -2.48. The maximum absolute atomic E-state index is 13.6. The minimum absolute atomic E-state index is 0.0420. The van der Waals surface area contributed by atoms with Crippen molar-refractivity contribution in [1.29, 1.82) is 0 Å². The smallest absolute Gasteiger partial charge is 0.276 e. The largest absolute Gasteiger partial charge is 0.388 e. The summed E-state index contributed by atoms with van der Waals surface area (Å²) >= 11 is 0. The molecule has 2 fully saturated rings. The molecule has 1 unspecified atom stereocenters. The molecule has 30 heavy (non-hydrogen) atoms. The number of benzene rings is 1. The molecule has 1 amide bonds. The van der Waals surface area contributed by atoms with Gasteiger partial charge in [-0.05, 0) is 55.7 Å². The van der Waals surface area contributed by atoms with Gasteiger partial charge < -0.3 is 14.5 Å². The Bertz CT molecular complexity index is 876. The summed E-state index contributed by atoms with van der Waals surface area (Å²) in [6, 6.07) is 8.51. The van der Waals surface area contributed by atoms with E-state index in [1.165, 1.54) is 38.5 Å². The zero-order valence-corrected chi connectivity index (χ0v) is 17.7. The van der Waals surface area contributed by atoms with Gasteiger partial charge in [-0.25, -0.2) is 0 Å². The molecule has 2 aromatic rings. The Kier molecular flexibility index (Phi) is 5.64. The van der Waals surface area contributed by atoms with E-state index in [9.17, 15) is 9.90 Å². The summed E-state index contributed by atoms with van der Waals surface area (Å²) in [6.45, 7) is 0. The van der Waals surface area contributed by atoms with Crippen molar-refractivity contribution in [3.05, 3.63) is 41.1 Å². The van der Waals surface area contributed by atoms with Gasteiger partial charge in [0.2, 0.25) is 0 Å². The van der Waals surface area contributed by atoms with E-state index in [2.05, 4.69) is 16.1 Å². The van der Waals surface area contributed by atoms with E-state index < -0.39 is 0 Å². The highest BCUT2D eigenvalue weighted by atomic mass is 16.5. The highest BCUT2D eigenvalue weighted by molar-refractivity contribution is 5.93. The Hall–Kier alpha value is -2.14. The monoisotopic (exact) mass is 408 g/mol. The highest BCUT2D eigenvalue weighted by Gasteiger charge is 2.34. The molecular weight excluding hydrogens is 376 g/mol. The van der Waals surface area contributed by atoms with Crippen LogP contribution in [0.1, 0.15) is 98.3 Å². The summed E-state index contributed by atoms with van der Waals surface area (Å²) in [7, 11) is 0. The Morgan fingerprint density at radius 2 is 1.60 bits per heavy atom. The van der Waals surface area contributed by atoms with Crippen LogP contribution in [0.15, 0.2) is 28.8 Å². The van der Waals surface area contributed by atoms with Crippen LogP contribution < -0.4 is 0 Å². The van der Waals surface area contributed by atoms with E-state index in [1.54, 1.807) is 0 Å². The molecule has 1 aromatic heterocycles. The van der Waals surface area contributed by atoms with Crippen molar-refractivity contribution in [2.45, 2.75) is 95.2 Å². The van der Waals surface area contributed by atoms with Gasteiger partial charge in [-0.15, -0.1) is 0 Å². The maximum atomic E-state index is 13.6. The number of nitrogens with zero attached hydrogens (tertiary/aromatic N) is 2. The molecule has 0 spiro atoms. The zero-order valence-electron chi connectivity index (χ0n) is 17.7. The normalized spacial score (nSPS) is 22.8. The molecule has 5 nitrogen and oxygen atoms in total. The molecule has 0 aliphatic heterocycles. The molecule has 0 bridgehead atoms. The number of aliphatic hydroxyl groups excluding tert-OH is 1. The van der Waals surface area contributed by atoms with Crippen LogP contribution in [0.25, 0.3) is 11.3 Å². The summed E-state index contributed by atoms with van der Waals surface area (Å²) in [6.07, 6.45) is 13.2. The van der Waals surface area contributed by atoms with Gasteiger partial charge in [-0.2, -0.15) is 0 Å². The van der Waals surface area contributed by atoms with Crippen molar-refractivity contribution in [1.82, 2.24) is 10.1 Å². The number of aromatic nitrogens is 1. The number of carbonyl (C=O) groups excluding carboxylic acids is 1. The third-order valence-electron chi connectivity index (χ3n) is 7.37. The van der Waals surface area contributed by atoms with Crippen molar-refractivity contribution in [2.75, 3.05) is 0 Å². The highest BCUT2D eigenvalue weighted by Crippen LogP contribution is 2.35. The number of aryl methyl sites for hydroxylation is 1. The summed E-state index contributed by atoms with van der Waals surface area (Å²) in [5.74, 6) is 0.676. The second-order valence-corrected chi connectivity index (χ2v) is 9.34. The van der Waals surface area contributed by atoms with E-state index in [0.29, 0.717) is 23.5 Å². The summed E-state index contributed by atoms with van der Waals surface area (Å²) in [4.78, 5) is 15.8. The van der Waals surface area contributed by atoms with Crippen molar-refractivity contribution >= 4 is 5.91 Å². The SMILES string of the molecule is O=C(c1cc(-c2ccc3c(c2)CCC3O)on1)N(C1CCCCC1)C1CCCCC1. The molecule has 5 heteroatoms. The van der Waals surface area contributed by atoms with Crippen LogP contribution in [0.5, 0.6) is 0 Å². The van der Waals surface area contributed by atoms with E-state index in [1.807, 2.05) is 18.2 Å². The summed E-state index contributed by atoms with van der Waals surface area (Å²) in [5, 5.41) is 14.2. The van der Waals surface area contributed by atoms with Crippen LogP contribution in [0, 0.1) is 0 Å². The molecule has 3 aliphatic rings. The van der Waals surface area contributed by atoms with Gasteiger partial charge in [0.25, 0.3) is 5.91 Å². The zero-order chi connectivity index (χ0) is 20.5. The van der Waals surface area contributed by atoms with Gasteiger partial charge in [0, 0.05) is 23.7 Å². The predicted molar refractivity (Wildman–Crippen MR) is 115 cm³/mol. The average molecular weight is 409 g/mol. The van der Waals surface area contributed by atoms with Gasteiger partial charge in [0.1, 0.15) is 0 Å². The summed E-state index contributed by atoms with van der Waals surface area (Å²) < 4.78 is 5.62. The van der Waals surface area contributed by atoms with Gasteiger partial charge in [0.05, 0.1) is 6.10 Å². The lowest BCUT2D eigenvalue weighted by atomic mass is 9.88. The third-order valence-corrected chi connectivity index (χ3v) is 7.37. The average Bonchev–Trinajstić information content (AvgIpc) is 3.43. The number of carbonyl (C=O) groups is 1. The Labute approximate surface area is 178 Å². The van der Waals surface area contributed by atoms with Gasteiger partial charge >= 0.3 is 0 Å². The topological polar surface area (TPSA) is 66.6 Å². The fourth-order valence-electron chi connectivity index (χ4n) is 5.74. The minimum Gasteiger partial charge on any atom is -0.388 e. The Morgan fingerprint density at radius 3 is 2.27 bits per heavy atom. The van der Waals surface area contributed by atoms with Gasteiger partial charge in [-0.1, -0.05) is 55.8 Å². The number of fused-ring (bicyclic) bond motifs is 1. The standard InChI is InChI=1S/C25H32N2O3/c28-23-14-12-17-15-18(11-13-21(17)23)24-16-22(26-30-24)25(29)27(19-7-3-1-4-8-19)20-9-5-2-6-10-20/h11,13,15-16,19-20,23,28H,1-10,12,14H2. The molecule has 1 aromatic carbocycles. The number of hydrogen-bond donors (Lipinski definition) is 1. The number of aliphatic hydroxyl groups is 1. The van der Waals surface area contributed by atoms with E-state index in [4.69, 9.17) is 4.52 Å². The lowest BCUT2D eigenvalue weighted by Gasteiger charge is -2.41. The van der Waals surface area contributed by atoms with E-state index >= 15 is 0 Å². The lowest BCUT2D eigenvalue weighted by molar-refractivity contribution is 0.0438. The van der Waals surface area contributed by atoms with Crippen LogP contribution in [-0.2, 0) is 6.42 Å². The quantitative estimate of drug-likeness (QED) is 0.733. The van der Waals surface area contributed by atoms with E-state index in [-0.39, 0.29) is 12.0 Å². The van der Waals surface area contributed by atoms with Crippen LogP contribution in [0.3, 0.4) is 0 Å². The molecule has 1 atom stereocenters. The number of amides is 1. The first-order chi connectivity index (χ1) is 14.7. The molecule has 1 heterocycles. The molecule has 3 aliphatic carbocycles. The molecular formula is C25H32N2O3. The minimum atomic E-state index is -0.361. The first-order valence-electron chi connectivity index (χ1n) is 11.8. The molecule has 0 saturated heterocycles. The fourth-order valence-corrected chi connectivity index (χ4v) is 5.74. The predicted octanol–water partition coefficient (Wildman–Crippen LogP) is 5.43. The third kappa shape index (κ3) is 3.80. The van der Waals surface area contributed by atoms with Gasteiger partial charge in [0.15, 0.2) is 11.5 Å². The van der Waals surface area contributed by atoms with Crippen molar-refractivity contribution in [3.8, 4) is 11.3 Å². The van der Waals surface area contributed by atoms with Crippen LogP contribution in [0.4, 0.5) is 0 Å². The first-order valence-corrected chi connectivity index (χ1v) is 11.8. The molecule has 160 valence electrons. The van der Waals surface area contributed by atoms with Crippen LogP contribution in [-0.4, -0.2) is 33.2 Å². The Balaban J connectivity index is 1.40. The van der Waals surface area contributed by atoms with E-state index in [0.717, 1.165) is 55.2 Å². The van der Waals surface area contributed by atoms with Gasteiger partial charge in [-0.3, -0.25) is 4.79 Å². The van der Waals surface area contributed by atoms with Crippen LogP contribution in [0.2, 0.25) is 0 Å². The van der Waals surface area contributed by atoms with Crippen LogP contribution >= 0.6 is 0 Å². The van der Waals surface area contributed by atoms with Crippen molar-refractivity contribution in [2.24, 2.45) is 0 Å². The molecule has 2 saturated carbocycles. The van der Waals surface area contributed by atoms with Crippen molar-refractivity contribution < 1.29 is 14.4 Å². The molecule has 0 radical (unpaired) electrons. The number of rotatable bonds is 4. The number of hydrogen-bond acceptors (Lipinski definition) is 4.